The first-order valence-electron chi connectivity index (χ1n) is 11.2. The number of amides is 4. The van der Waals surface area contributed by atoms with E-state index in [1.54, 1.807) is 19.1 Å². The highest BCUT2D eigenvalue weighted by molar-refractivity contribution is 6.40. The third-order valence-corrected chi connectivity index (χ3v) is 6.38. The molecule has 14 heteroatoms. The molecular weight excluding hydrogens is 578 g/mol. The number of benzene rings is 3. The first kappa shape index (κ1) is 28.6. The van der Waals surface area contributed by atoms with Gasteiger partial charge in [0.05, 0.1) is 21.2 Å². The van der Waals surface area contributed by atoms with Crippen LogP contribution in [0.15, 0.2) is 54.1 Å². The first-order valence-corrected chi connectivity index (χ1v) is 11.9. The minimum Gasteiger partial charge on any atom is -0.448 e. The van der Waals surface area contributed by atoms with Crippen molar-refractivity contribution in [3.63, 3.8) is 0 Å². The number of aryl methyl sites for hydroxylation is 2. The maximum absolute atomic E-state index is 13.3. The molecule has 3 aromatic rings. The number of nitrogens with one attached hydrogen (secondary N) is 1. The average Bonchev–Trinajstić information content (AvgIpc) is 2.85. The molecule has 3 aromatic carbocycles. The minimum atomic E-state index is -4.86. The molecule has 0 radical (unpaired) electrons. The molecule has 1 heterocycles. The molecule has 0 atom stereocenters. The molecule has 0 bridgehead atoms. The fourth-order valence-electron chi connectivity index (χ4n) is 3.74. The number of halogens is 5. The third-order valence-electron chi connectivity index (χ3n) is 5.88. The van der Waals surface area contributed by atoms with Gasteiger partial charge in [-0.05, 0) is 67.4 Å². The van der Waals surface area contributed by atoms with E-state index in [2.05, 4.69) is 5.32 Å². The molecule has 9 nitrogen and oxygen atoms in total. The summed E-state index contributed by atoms with van der Waals surface area (Å²) in [7, 11) is 0. The van der Waals surface area contributed by atoms with Crippen molar-refractivity contribution in [1.82, 2.24) is 5.32 Å². The number of barbiturate groups is 1. The summed E-state index contributed by atoms with van der Waals surface area (Å²) in [4.78, 5) is 49.8. The summed E-state index contributed by atoms with van der Waals surface area (Å²) in [6.45, 7) is 3.60. The van der Waals surface area contributed by atoms with Crippen molar-refractivity contribution in [1.29, 1.82) is 0 Å². The third kappa shape index (κ3) is 5.63. The Labute approximate surface area is 233 Å². The van der Waals surface area contributed by atoms with Crippen molar-refractivity contribution >= 4 is 58.5 Å². The molecule has 1 saturated heterocycles. The number of urea groups is 1. The van der Waals surface area contributed by atoms with Gasteiger partial charge in [0.2, 0.25) is 5.75 Å². The number of nitro benzene ring substituents is 1. The van der Waals surface area contributed by atoms with Gasteiger partial charge in [0.1, 0.15) is 5.57 Å². The molecule has 206 valence electrons. The lowest BCUT2D eigenvalue weighted by Crippen LogP contribution is -2.54. The number of nitrogens with zero attached hydrogens (tertiary/aromatic N) is 2. The number of hydrogen-bond donors (Lipinski definition) is 1. The largest absolute Gasteiger partial charge is 0.448 e. The van der Waals surface area contributed by atoms with E-state index in [9.17, 15) is 37.7 Å². The van der Waals surface area contributed by atoms with E-state index >= 15 is 0 Å². The second-order valence-corrected chi connectivity index (χ2v) is 9.42. The van der Waals surface area contributed by atoms with Crippen LogP contribution in [0.2, 0.25) is 10.0 Å². The van der Waals surface area contributed by atoms with Crippen molar-refractivity contribution in [2.75, 3.05) is 4.90 Å². The number of anilines is 1. The van der Waals surface area contributed by atoms with Crippen LogP contribution in [0.25, 0.3) is 6.08 Å². The Bertz CT molecular complexity index is 1640. The van der Waals surface area contributed by atoms with Crippen molar-refractivity contribution in [2.45, 2.75) is 20.0 Å². The Kier molecular flexibility index (Phi) is 7.59. The van der Waals surface area contributed by atoms with Crippen molar-refractivity contribution in [3.05, 3.63) is 96.5 Å². The predicted molar refractivity (Wildman–Crippen MR) is 140 cm³/mol. The average molecular weight is 594 g/mol. The van der Waals surface area contributed by atoms with Crippen LogP contribution in [-0.4, -0.2) is 22.8 Å². The molecule has 1 fully saturated rings. The van der Waals surface area contributed by atoms with E-state index in [1.165, 1.54) is 18.2 Å². The lowest BCUT2D eigenvalue weighted by Gasteiger charge is -2.27. The van der Waals surface area contributed by atoms with Crippen LogP contribution in [0.4, 0.5) is 29.3 Å². The molecule has 4 rings (SSSR count). The fraction of sp³-hybridized carbons (Fsp3) is 0.115. The van der Waals surface area contributed by atoms with Gasteiger partial charge in [-0.2, -0.15) is 13.2 Å². The number of rotatable bonds is 5. The van der Waals surface area contributed by atoms with Gasteiger partial charge < -0.3 is 4.74 Å². The van der Waals surface area contributed by atoms with E-state index in [-0.39, 0.29) is 27.0 Å². The second kappa shape index (κ2) is 10.6. The number of ether oxygens (including phenoxy) is 1. The van der Waals surface area contributed by atoms with Gasteiger partial charge in [-0.1, -0.05) is 29.3 Å². The lowest BCUT2D eigenvalue weighted by molar-refractivity contribution is -0.385. The summed E-state index contributed by atoms with van der Waals surface area (Å²) >= 11 is 12.3. The maximum atomic E-state index is 13.3. The molecule has 1 N–H and O–H groups in total. The van der Waals surface area contributed by atoms with Crippen LogP contribution in [0.1, 0.15) is 22.3 Å². The van der Waals surface area contributed by atoms with E-state index < -0.39 is 51.5 Å². The van der Waals surface area contributed by atoms with E-state index in [0.29, 0.717) is 12.1 Å². The van der Waals surface area contributed by atoms with Gasteiger partial charge in [0.15, 0.2) is 5.75 Å². The molecular formula is C26H16Cl2F3N3O6. The smallest absolute Gasteiger partial charge is 0.416 e. The van der Waals surface area contributed by atoms with Gasteiger partial charge >= 0.3 is 17.9 Å². The lowest BCUT2D eigenvalue weighted by atomic mass is 10.0. The Hall–Kier alpha value is -4.42. The zero-order chi connectivity index (χ0) is 29.5. The fourth-order valence-corrected chi connectivity index (χ4v) is 4.29. The highest BCUT2D eigenvalue weighted by Gasteiger charge is 2.38. The van der Waals surface area contributed by atoms with Crippen molar-refractivity contribution in [2.24, 2.45) is 0 Å². The first-order chi connectivity index (χ1) is 18.7. The van der Waals surface area contributed by atoms with E-state index in [4.69, 9.17) is 27.9 Å². The summed E-state index contributed by atoms with van der Waals surface area (Å²) in [6, 6.07) is 7.80. The topological polar surface area (TPSA) is 119 Å². The maximum Gasteiger partial charge on any atom is 0.416 e. The number of nitro groups is 1. The molecule has 0 unspecified atom stereocenters. The normalized spacial score (nSPS) is 14.9. The van der Waals surface area contributed by atoms with Gasteiger partial charge in [0, 0.05) is 16.7 Å². The van der Waals surface area contributed by atoms with Gasteiger partial charge in [0.25, 0.3) is 11.8 Å². The van der Waals surface area contributed by atoms with Gasteiger partial charge in [-0.15, -0.1) is 0 Å². The van der Waals surface area contributed by atoms with Crippen molar-refractivity contribution < 1.29 is 37.2 Å². The molecule has 0 spiro atoms. The quantitative estimate of drug-likeness (QED) is 0.147. The van der Waals surface area contributed by atoms with Crippen LogP contribution in [-0.2, 0) is 15.8 Å². The summed E-state index contributed by atoms with van der Waals surface area (Å²) in [5.41, 5.74) is -1.11. The molecule has 1 aliphatic rings. The van der Waals surface area contributed by atoms with Crippen LogP contribution < -0.4 is 15.0 Å². The SMILES string of the molecule is Cc1ccc(N2C(=O)NC(=O)/C(=C\c3cc(Cl)cc(Cl)c3Oc3ccc(C(F)(F)F)cc3[N+](=O)[O-])C2=O)cc1C. The number of carbonyl (C=O) groups is 3. The Morgan fingerprint density at radius 3 is 2.33 bits per heavy atom. The molecule has 1 aliphatic heterocycles. The summed E-state index contributed by atoms with van der Waals surface area (Å²) in [5.74, 6) is -3.01. The summed E-state index contributed by atoms with van der Waals surface area (Å²) < 4.78 is 44.9. The van der Waals surface area contributed by atoms with Crippen LogP contribution in [0, 0.1) is 24.0 Å². The Morgan fingerprint density at radius 1 is 1.00 bits per heavy atom. The Balaban J connectivity index is 1.81. The number of imide groups is 2. The van der Waals surface area contributed by atoms with Crippen LogP contribution in [0.5, 0.6) is 11.5 Å². The van der Waals surface area contributed by atoms with Crippen molar-refractivity contribution in [3.8, 4) is 11.5 Å². The Morgan fingerprint density at radius 2 is 1.70 bits per heavy atom. The summed E-state index contributed by atoms with van der Waals surface area (Å²) in [5, 5.41) is 13.4. The summed E-state index contributed by atoms with van der Waals surface area (Å²) in [6.07, 6.45) is -3.86. The minimum absolute atomic E-state index is 0.0110. The van der Waals surface area contributed by atoms with Crippen LogP contribution >= 0.6 is 23.2 Å². The molecule has 40 heavy (non-hydrogen) atoms. The standard InChI is InChI=1S/C26H16Cl2F3N3O6/c1-12-3-5-17(7-13(12)2)33-24(36)18(23(35)32-25(33)37)9-14-8-16(27)11-19(28)22(14)40-21-6-4-15(26(29,30)31)10-20(21)34(38)39/h3-11H,1-2H3,(H,32,35,37)/b18-9+. The van der Waals surface area contributed by atoms with Gasteiger partial charge in [-0.3, -0.25) is 25.0 Å². The predicted octanol–water partition coefficient (Wildman–Crippen LogP) is 7.00. The van der Waals surface area contributed by atoms with E-state index in [0.717, 1.165) is 28.2 Å². The molecule has 4 amide bonds. The highest BCUT2D eigenvalue weighted by Crippen LogP contribution is 2.42. The number of carbonyl (C=O) groups excluding carboxylic acids is 3. The zero-order valence-corrected chi connectivity index (χ0v) is 21.9. The monoisotopic (exact) mass is 593 g/mol. The molecule has 0 aromatic heterocycles. The molecule has 0 saturated carbocycles. The van der Waals surface area contributed by atoms with Crippen LogP contribution in [0.3, 0.4) is 0 Å². The highest BCUT2D eigenvalue weighted by atomic mass is 35.5. The second-order valence-electron chi connectivity index (χ2n) is 8.57. The van der Waals surface area contributed by atoms with E-state index in [1.807, 2.05) is 6.92 Å². The zero-order valence-electron chi connectivity index (χ0n) is 20.4. The van der Waals surface area contributed by atoms with Gasteiger partial charge in [-0.25, -0.2) is 9.69 Å². The number of hydrogen-bond acceptors (Lipinski definition) is 6. The number of alkyl halides is 3. The molecule has 0 aliphatic carbocycles.